The molecule has 2 amide bonds. The van der Waals surface area contributed by atoms with E-state index < -0.39 is 23.6 Å². The summed E-state index contributed by atoms with van der Waals surface area (Å²) in [6.07, 6.45) is 0. The number of rotatable bonds is 4. The first kappa shape index (κ1) is 17.6. The van der Waals surface area contributed by atoms with Gasteiger partial charge in [-0.3, -0.25) is 14.5 Å². The number of nitrogens with zero attached hydrogens (tertiary/aromatic N) is 1. The van der Waals surface area contributed by atoms with Gasteiger partial charge in [0.15, 0.2) is 0 Å². The van der Waals surface area contributed by atoms with Crippen molar-refractivity contribution in [2.75, 3.05) is 13.2 Å². The highest BCUT2D eigenvalue weighted by Gasteiger charge is 2.35. The van der Waals surface area contributed by atoms with Gasteiger partial charge in [0.25, 0.3) is 11.8 Å². The van der Waals surface area contributed by atoms with Crippen molar-refractivity contribution in [3.8, 4) is 0 Å². The molecule has 0 saturated carbocycles. The zero-order valence-corrected chi connectivity index (χ0v) is 15.3. The lowest BCUT2D eigenvalue weighted by atomic mass is 10.1. The quantitative estimate of drug-likeness (QED) is 0.485. The second-order valence-corrected chi connectivity index (χ2v) is 7.26. The maximum Gasteiger partial charge on any atom is 0.349 e. The molecule has 2 heterocycles. The van der Waals surface area contributed by atoms with Crippen LogP contribution in [0.4, 0.5) is 4.39 Å². The highest BCUT2D eigenvalue weighted by Crippen LogP contribution is 2.36. The Bertz CT molecular complexity index is 1080. The van der Waals surface area contributed by atoms with E-state index in [1.54, 1.807) is 24.3 Å². The van der Waals surface area contributed by atoms with Crippen LogP contribution in [0.25, 0.3) is 10.1 Å². The molecule has 2 aromatic carbocycles. The fourth-order valence-corrected chi connectivity index (χ4v) is 4.33. The number of carbonyl (C=O) groups is 3. The van der Waals surface area contributed by atoms with Gasteiger partial charge in [-0.1, -0.05) is 23.7 Å². The molecule has 0 unspecified atom stereocenters. The predicted octanol–water partition coefficient (Wildman–Crippen LogP) is 4.15. The number of imide groups is 1. The molecule has 0 saturated heterocycles. The average molecular weight is 404 g/mol. The summed E-state index contributed by atoms with van der Waals surface area (Å²) in [6.45, 7) is -0.224. The summed E-state index contributed by atoms with van der Waals surface area (Å²) in [5.41, 5.74) is 0.673. The van der Waals surface area contributed by atoms with Gasteiger partial charge >= 0.3 is 5.97 Å². The van der Waals surface area contributed by atoms with Crippen molar-refractivity contribution in [3.05, 3.63) is 69.3 Å². The molecule has 1 aromatic heterocycles. The van der Waals surface area contributed by atoms with E-state index in [9.17, 15) is 18.8 Å². The van der Waals surface area contributed by atoms with Gasteiger partial charge in [0.2, 0.25) is 0 Å². The second-order valence-electron chi connectivity index (χ2n) is 5.83. The third-order valence-electron chi connectivity index (χ3n) is 4.20. The van der Waals surface area contributed by atoms with Crippen molar-refractivity contribution in [2.45, 2.75) is 0 Å². The van der Waals surface area contributed by atoms with Crippen LogP contribution in [0.3, 0.4) is 0 Å². The molecular formula is C19H11ClFNO4S. The van der Waals surface area contributed by atoms with E-state index in [-0.39, 0.29) is 23.1 Å². The molecule has 3 aromatic rings. The van der Waals surface area contributed by atoms with Crippen LogP contribution in [0.5, 0.6) is 0 Å². The van der Waals surface area contributed by atoms with Crippen molar-refractivity contribution in [1.82, 2.24) is 4.90 Å². The van der Waals surface area contributed by atoms with Crippen molar-refractivity contribution in [2.24, 2.45) is 0 Å². The Kier molecular flexibility index (Phi) is 4.41. The van der Waals surface area contributed by atoms with Crippen LogP contribution >= 0.6 is 22.9 Å². The molecule has 1 aliphatic heterocycles. The van der Waals surface area contributed by atoms with Crippen LogP contribution in [-0.2, 0) is 4.74 Å². The summed E-state index contributed by atoms with van der Waals surface area (Å²) in [6, 6.07) is 10.6. The maximum absolute atomic E-state index is 13.3. The van der Waals surface area contributed by atoms with Crippen LogP contribution < -0.4 is 0 Å². The Hall–Kier alpha value is -2.77. The van der Waals surface area contributed by atoms with Crippen molar-refractivity contribution < 1.29 is 23.5 Å². The summed E-state index contributed by atoms with van der Waals surface area (Å²) in [5.74, 6) is -1.94. The summed E-state index contributed by atoms with van der Waals surface area (Å²) >= 11 is 7.21. The number of hydrogen-bond donors (Lipinski definition) is 0. The Morgan fingerprint density at radius 3 is 2.44 bits per heavy atom. The number of hydrogen-bond acceptors (Lipinski definition) is 5. The molecule has 8 heteroatoms. The molecule has 0 spiro atoms. The number of ether oxygens (including phenoxy) is 1. The fraction of sp³-hybridized carbons (Fsp3) is 0.105. The Morgan fingerprint density at radius 2 is 1.78 bits per heavy atom. The van der Waals surface area contributed by atoms with E-state index >= 15 is 0 Å². The lowest BCUT2D eigenvalue weighted by Crippen LogP contribution is -2.33. The van der Waals surface area contributed by atoms with Gasteiger partial charge in [-0.05, 0) is 30.3 Å². The van der Waals surface area contributed by atoms with Crippen LogP contribution in [0.1, 0.15) is 30.4 Å². The number of thiophene rings is 1. The minimum atomic E-state index is -0.682. The number of amides is 2. The normalized spacial score (nSPS) is 13.3. The largest absolute Gasteiger partial charge is 0.460 e. The third-order valence-corrected chi connectivity index (χ3v) is 5.84. The summed E-state index contributed by atoms with van der Waals surface area (Å²) in [4.78, 5) is 38.0. The van der Waals surface area contributed by atoms with Crippen LogP contribution in [0, 0.1) is 5.82 Å². The van der Waals surface area contributed by atoms with Crippen molar-refractivity contribution in [1.29, 1.82) is 0 Å². The van der Waals surface area contributed by atoms with Crippen LogP contribution in [-0.4, -0.2) is 35.8 Å². The van der Waals surface area contributed by atoms with E-state index in [1.807, 2.05) is 0 Å². The predicted molar refractivity (Wildman–Crippen MR) is 98.9 cm³/mol. The molecule has 1 aliphatic rings. The standard InChI is InChI=1S/C19H11ClFNO4S/c20-15-13-6-5-10(21)9-14(13)27-16(15)19(25)26-8-7-22-17(23)11-3-1-2-4-12(11)18(22)24/h1-6,9H,7-8H2. The van der Waals surface area contributed by atoms with Crippen LogP contribution in [0.2, 0.25) is 5.02 Å². The lowest BCUT2D eigenvalue weighted by Gasteiger charge is -2.13. The monoisotopic (exact) mass is 403 g/mol. The minimum absolute atomic E-state index is 0.0603. The van der Waals surface area contributed by atoms with E-state index in [1.165, 1.54) is 18.2 Å². The molecule has 136 valence electrons. The van der Waals surface area contributed by atoms with Crippen LogP contribution in [0.15, 0.2) is 42.5 Å². The fourth-order valence-electron chi connectivity index (χ4n) is 2.91. The van der Waals surface area contributed by atoms with Crippen molar-refractivity contribution >= 4 is 50.8 Å². The summed E-state index contributed by atoms with van der Waals surface area (Å²) in [7, 11) is 0. The number of esters is 1. The van der Waals surface area contributed by atoms with Gasteiger partial charge in [-0.2, -0.15) is 0 Å². The molecule has 0 atom stereocenters. The first-order chi connectivity index (χ1) is 13.0. The highest BCUT2D eigenvalue weighted by molar-refractivity contribution is 7.21. The topological polar surface area (TPSA) is 63.7 Å². The molecule has 0 bridgehead atoms. The Balaban J connectivity index is 1.44. The van der Waals surface area contributed by atoms with Gasteiger partial charge in [0.05, 0.1) is 22.7 Å². The molecule has 0 N–H and O–H groups in total. The zero-order chi connectivity index (χ0) is 19.1. The van der Waals surface area contributed by atoms with E-state index in [0.717, 1.165) is 16.2 Å². The lowest BCUT2D eigenvalue weighted by molar-refractivity contribution is 0.0425. The zero-order valence-electron chi connectivity index (χ0n) is 13.7. The molecular weight excluding hydrogens is 393 g/mol. The van der Waals surface area contributed by atoms with Gasteiger partial charge in [0.1, 0.15) is 17.3 Å². The minimum Gasteiger partial charge on any atom is -0.460 e. The first-order valence-corrected chi connectivity index (χ1v) is 9.16. The summed E-state index contributed by atoms with van der Waals surface area (Å²) in [5, 5.41) is 0.760. The third kappa shape index (κ3) is 2.98. The number of carbonyl (C=O) groups excluding carboxylic acids is 3. The van der Waals surface area contributed by atoms with E-state index in [4.69, 9.17) is 16.3 Å². The Labute approximate surface area is 161 Å². The van der Waals surface area contributed by atoms with Gasteiger partial charge in [0, 0.05) is 10.1 Å². The first-order valence-electron chi connectivity index (χ1n) is 7.97. The molecule has 5 nitrogen and oxygen atoms in total. The number of benzene rings is 2. The maximum atomic E-state index is 13.3. The van der Waals surface area contributed by atoms with E-state index in [0.29, 0.717) is 21.2 Å². The van der Waals surface area contributed by atoms with E-state index in [2.05, 4.69) is 0 Å². The molecule has 27 heavy (non-hydrogen) atoms. The van der Waals surface area contributed by atoms with Gasteiger partial charge in [-0.25, -0.2) is 9.18 Å². The molecule has 0 radical (unpaired) electrons. The number of halogens is 2. The Morgan fingerprint density at radius 1 is 1.11 bits per heavy atom. The summed E-state index contributed by atoms with van der Waals surface area (Å²) < 4.78 is 19.0. The average Bonchev–Trinajstić information content (AvgIpc) is 3.11. The smallest absolute Gasteiger partial charge is 0.349 e. The van der Waals surface area contributed by atoms with Gasteiger partial charge in [-0.15, -0.1) is 11.3 Å². The second kappa shape index (κ2) is 6.75. The molecule has 0 fully saturated rings. The molecule has 4 rings (SSSR count). The van der Waals surface area contributed by atoms with Crippen molar-refractivity contribution in [3.63, 3.8) is 0 Å². The SMILES string of the molecule is O=C(OCCN1C(=O)c2ccccc2C1=O)c1sc2cc(F)ccc2c1Cl. The molecule has 0 aliphatic carbocycles. The highest BCUT2D eigenvalue weighted by atomic mass is 35.5. The number of fused-ring (bicyclic) bond motifs is 2. The van der Waals surface area contributed by atoms with Gasteiger partial charge < -0.3 is 4.74 Å².